The van der Waals surface area contributed by atoms with Gasteiger partial charge in [0.2, 0.25) is 5.91 Å². The molecule has 1 aromatic heterocycles. The molecule has 20 heavy (non-hydrogen) atoms. The molecule has 0 aliphatic rings. The highest BCUT2D eigenvalue weighted by atomic mass is 19.1. The zero-order chi connectivity index (χ0) is 14.7. The average Bonchev–Trinajstić information content (AvgIpc) is 2.71. The summed E-state index contributed by atoms with van der Waals surface area (Å²) >= 11 is 0. The second kappa shape index (κ2) is 5.83. The van der Waals surface area contributed by atoms with Crippen LogP contribution < -0.4 is 11.1 Å². The van der Waals surface area contributed by atoms with Gasteiger partial charge in [0.1, 0.15) is 11.6 Å². The number of benzene rings is 1. The highest BCUT2D eigenvalue weighted by Gasteiger charge is 2.10. The molecule has 0 spiro atoms. The van der Waals surface area contributed by atoms with Crippen LogP contribution in [0.2, 0.25) is 0 Å². The summed E-state index contributed by atoms with van der Waals surface area (Å²) in [6.45, 7) is 4.57. The number of halogens is 1. The molecule has 106 valence electrons. The molecule has 1 amide bonds. The van der Waals surface area contributed by atoms with Gasteiger partial charge in [-0.05, 0) is 26.0 Å². The van der Waals surface area contributed by atoms with Crippen molar-refractivity contribution in [1.29, 1.82) is 0 Å². The molecule has 0 atom stereocenters. The normalized spacial score (nSPS) is 10.8. The number of amides is 1. The SMILES string of the molecule is Cc1noc(C)c1CNCc1ccc(C(N)=O)cc1F. The number of nitrogens with two attached hydrogens (primary N) is 1. The zero-order valence-corrected chi connectivity index (χ0v) is 11.4. The van der Waals surface area contributed by atoms with Gasteiger partial charge in [0, 0.05) is 29.8 Å². The molecule has 0 saturated carbocycles. The third kappa shape index (κ3) is 3.03. The van der Waals surface area contributed by atoms with Gasteiger partial charge in [0.25, 0.3) is 0 Å². The van der Waals surface area contributed by atoms with Gasteiger partial charge in [-0.15, -0.1) is 0 Å². The second-order valence-corrected chi connectivity index (χ2v) is 4.58. The Morgan fingerprint density at radius 1 is 1.40 bits per heavy atom. The van der Waals surface area contributed by atoms with Gasteiger partial charge in [-0.3, -0.25) is 4.79 Å². The van der Waals surface area contributed by atoms with Crippen LogP contribution in [0, 0.1) is 19.7 Å². The number of nitrogens with zero attached hydrogens (tertiary/aromatic N) is 1. The van der Waals surface area contributed by atoms with Gasteiger partial charge in [-0.2, -0.15) is 0 Å². The minimum absolute atomic E-state index is 0.164. The van der Waals surface area contributed by atoms with Crippen LogP contribution in [0.25, 0.3) is 0 Å². The van der Waals surface area contributed by atoms with E-state index in [-0.39, 0.29) is 5.56 Å². The van der Waals surface area contributed by atoms with Crippen molar-refractivity contribution in [3.8, 4) is 0 Å². The molecule has 2 aromatic rings. The van der Waals surface area contributed by atoms with Crippen LogP contribution in [-0.2, 0) is 13.1 Å². The molecule has 3 N–H and O–H groups in total. The molecule has 2 rings (SSSR count). The average molecular weight is 277 g/mol. The Morgan fingerprint density at radius 2 is 2.15 bits per heavy atom. The molecule has 0 aliphatic carbocycles. The zero-order valence-electron chi connectivity index (χ0n) is 11.4. The summed E-state index contributed by atoms with van der Waals surface area (Å²) < 4.78 is 18.8. The van der Waals surface area contributed by atoms with E-state index in [0.29, 0.717) is 18.7 Å². The van der Waals surface area contributed by atoms with Gasteiger partial charge < -0.3 is 15.6 Å². The first-order chi connectivity index (χ1) is 9.49. The lowest BCUT2D eigenvalue weighted by molar-refractivity contribution is 0.1000. The van der Waals surface area contributed by atoms with E-state index in [1.807, 2.05) is 13.8 Å². The first kappa shape index (κ1) is 14.2. The van der Waals surface area contributed by atoms with Gasteiger partial charge in [0.15, 0.2) is 0 Å². The first-order valence-electron chi connectivity index (χ1n) is 6.19. The number of nitrogens with one attached hydrogen (secondary N) is 1. The van der Waals surface area contributed by atoms with E-state index in [0.717, 1.165) is 23.1 Å². The van der Waals surface area contributed by atoms with Crippen molar-refractivity contribution in [3.63, 3.8) is 0 Å². The second-order valence-electron chi connectivity index (χ2n) is 4.58. The summed E-state index contributed by atoms with van der Waals surface area (Å²) in [5, 5.41) is 6.97. The van der Waals surface area contributed by atoms with E-state index < -0.39 is 11.7 Å². The Morgan fingerprint density at radius 3 is 2.70 bits per heavy atom. The molecule has 0 saturated heterocycles. The van der Waals surface area contributed by atoms with E-state index >= 15 is 0 Å². The Kier molecular flexibility index (Phi) is 4.14. The van der Waals surface area contributed by atoms with Crippen molar-refractivity contribution < 1.29 is 13.7 Å². The largest absolute Gasteiger partial charge is 0.366 e. The Bertz CT molecular complexity index is 618. The topological polar surface area (TPSA) is 81.2 Å². The van der Waals surface area contributed by atoms with E-state index in [4.69, 9.17) is 10.3 Å². The van der Waals surface area contributed by atoms with Crippen LogP contribution in [0.4, 0.5) is 4.39 Å². The molecule has 6 heteroatoms. The number of rotatable bonds is 5. The van der Waals surface area contributed by atoms with Crippen molar-refractivity contribution in [3.05, 3.63) is 52.2 Å². The highest BCUT2D eigenvalue weighted by Crippen LogP contribution is 2.13. The summed E-state index contributed by atoms with van der Waals surface area (Å²) in [5.41, 5.74) is 7.52. The van der Waals surface area contributed by atoms with Crippen molar-refractivity contribution in [2.75, 3.05) is 0 Å². The fourth-order valence-electron chi connectivity index (χ4n) is 1.92. The molecule has 5 nitrogen and oxygen atoms in total. The maximum atomic E-state index is 13.8. The Hall–Kier alpha value is -2.21. The number of hydrogen-bond acceptors (Lipinski definition) is 4. The summed E-state index contributed by atoms with van der Waals surface area (Å²) in [6.07, 6.45) is 0. The van der Waals surface area contributed by atoms with Crippen molar-refractivity contribution in [1.82, 2.24) is 10.5 Å². The predicted octanol–water partition coefficient (Wildman–Crippen LogP) is 1.82. The van der Waals surface area contributed by atoms with Crippen LogP contribution in [-0.4, -0.2) is 11.1 Å². The number of carbonyl (C=O) groups is 1. The fourth-order valence-corrected chi connectivity index (χ4v) is 1.92. The number of hydrogen-bond donors (Lipinski definition) is 2. The summed E-state index contributed by atoms with van der Waals surface area (Å²) in [5.74, 6) is -0.341. The number of aryl methyl sites for hydroxylation is 2. The number of aromatic nitrogens is 1. The number of carbonyl (C=O) groups excluding carboxylic acids is 1. The molecule has 0 fully saturated rings. The monoisotopic (exact) mass is 277 g/mol. The lowest BCUT2D eigenvalue weighted by Gasteiger charge is -2.07. The molecular formula is C14H16FN3O2. The molecule has 0 unspecified atom stereocenters. The molecule has 0 aliphatic heterocycles. The summed E-state index contributed by atoms with van der Waals surface area (Å²) in [7, 11) is 0. The van der Waals surface area contributed by atoms with E-state index in [9.17, 15) is 9.18 Å². The third-order valence-electron chi connectivity index (χ3n) is 3.14. The minimum Gasteiger partial charge on any atom is -0.366 e. The molecule has 0 radical (unpaired) electrons. The lowest BCUT2D eigenvalue weighted by atomic mass is 10.1. The van der Waals surface area contributed by atoms with Crippen LogP contribution >= 0.6 is 0 Å². The molecule has 0 bridgehead atoms. The fraction of sp³-hybridized carbons (Fsp3) is 0.286. The van der Waals surface area contributed by atoms with Gasteiger partial charge >= 0.3 is 0 Å². The van der Waals surface area contributed by atoms with Crippen LogP contribution in [0.5, 0.6) is 0 Å². The quantitative estimate of drug-likeness (QED) is 0.873. The summed E-state index contributed by atoms with van der Waals surface area (Å²) in [6, 6.07) is 4.21. The number of primary amides is 1. The molecule has 1 aromatic carbocycles. The third-order valence-corrected chi connectivity index (χ3v) is 3.14. The maximum Gasteiger partial charge on any atom is 0.248 e. The van der Waals surface area contributed by atoms with Gasteiger partial charge in [0.05, 0.1) is 5.69 Å². The molecule has 1 heterocycles. The standard InChI is InChI=1S/C14H16FN3O2/c1-8-12(9(2)20-18-8)7-17-6-11-4-3-10(14(16)19)5-13(11)15/h3-5,17H,6-7H2,1-2H3,(H2,16,19). The van der Waals surface area contributed by atoms with E-state index in [1.54, 1.807) is 6.07 Å². The Balaban J connectivity index is 2.00. The van der Waals surface area contributed by atoms with Crippen LogP contribution in [0.15, 0.2) is 22.7 Å². The van der Waals surface area contributed by atoms with Gasteiger partial charge in [-0.25, -0.2) is 4.39 Å². The van der Waals surface area contributed by atoms with Crippen LogP contribution in [0.3, 0.4) is 0 Å². The smallest absolute Gasteiger partial charge is 0.248 e. The van der Waals surface area contributed by atoms with Crippen molar-refractivity contribution in [2.24, 2.45) is 5.73 Å². The van der Waals surface area contributed by atoms with Crippen molar-refractivity contribution in [2.45, 2.75) is 26.9 Å². The minimum atomic E-state index is -0.640. The Labute approximate surface area is 115 Å². The first-order valence-corrected chi connectivity index (χ1v) is 6.19. The highest BCUT2D eigenvalue weighted by molar-refractivity contribution is 5.92. The van der Waals surface area contributed by atoms with Gasteiger partial charge in [-0.1, -0.05) is 11.2 Å². The van der Waals surface area contributed by atoms with Crippen LogP contribution in [0.1, 0.15) is 32.9 Å². The lowest BCUT2D eigenvalue weighted by Crippen LogP contribution is -2.16. The molecular weight excluding hydrogens is 261 g/mol. The van der Waals surface area contributed by atoms with E-state index in [2.05, 4.69) is 10.5 Å². The van der Waals surface area contributed by atoms with Crippen molar-refractivity contribution >= 4 is 5.91 Å². The predicted molar refractivity (Wildman–Crippen MR) is 71.4 cm³/mol. The summed E-state index contributed by atoms with van der Waals surface area (Å²) in [4.78, 5) is 10.9. The van der Waals surface area contributed by atoms with E-state index in [1.165, 1.54) is 6.07 Å². The maximum absolute atomic E-state index is 13.8.